The van der Waals surface area contributed by atoms with E-state index in [0.717, 1.165) is 16.0 Å². The topological polar surface area (TPSA) is 89.3 Å². The lowest BCUT2D eigenvalue weighted by Gasteiger charge is -2.41. The Labute approximate surface area is 213 Å². The van der Waals surface area contributed by atoms with E-state index in [4.69, 9.17) is 4.52 Å². The molecule has 0 bridgehead atoms. The first-order valence-corrected chi connectivity index (χ1v) is 13.2. The number of ketones is 2. The third-order valence-electron chi connectivity index (χ3n) is 5.48. The molecule has 2 aromatic heterocycles. The zero-order valence-corrected chi connectivity index (χ0v) is 23.6. The first-order chi connectivity index (χ1) is 16.5. The van der Waals surface area contributed by atoms with E-state index in [1.807, 2.05) is 46.9 Å². The second-order valence-electron chi connectivity index (χ2n) is 8.31. The molecule has 0 unspecified atom stereocenters. The third kappa shape index (κ3) is 10.8. The number of anilines is 1. The Hall–Kier alpha value is -2.39. The van der Waals surface area contributed by atoms with Crippen LogP contribution < -0.4 is 5.32 Å². The summed E-state index contributed by atoms with van der Waals surface area (Å²) < 4.78 is 18.4. The maximum Gasteiger partial charge on any atom is 0.280 e. The number of carbonyl (C=O) groups excluding carboxylic acids is 3. The SMILES string of the molecule is CC.CC.CC(=O)C[N+]1(CC(=O)Nc2nocc2C)CCC(F)CC1.CC(=O)c1scc(C)c1C. The number of rotatable bonds is 6. The number of thiophene rings is 1. The molecule has 0 spiro atoms. The summed E-state index contributed by atoms with van der Waals surface area (Å²) in [5.41, 5.74) is 3.09. The largest absolute Gasteiger partial charge is 0.362 e. The van der Waals surface area contributed by atoms with Crippen LogP contribution >= 0.6 is 11.3 Å². The number of nitrogens with one attached hydrogen (secondary N) is 1. The van der Waals surface area contributed by atoms with Crippen molar-refractivity contribution in [3.63, 3.8) is 0 Å². The Morgan fingerprint density at radius 3 is 2.00 bits per heavy atom. The second-order valence-corrected chi connectivity index (χ2v) is 9.18. The van der Waals surface area contributed by atoms with Gasteiger partial charge in [-0.05, 0) is 44.2 Å². The Balaban J connectivity index is 0.000000691. The van der Waals surface area contributed by atoms with E-state index in [2.05, 4.69) is 10.5 Å². The van der Waals surface area contributed by atoms with Crippen molar-refractivity contribution in [3.8, 4) is 0 Å². The normalized spacial score (nSPS) is 18.5. The fourth-order valence-corrected chi connectivity index (χ4v) is 4.64. The van der Waals surface area contributed by atoms with Crippen molar-refractivity contribution in [1.29, 1.82) is 0 Å². The standard InChI is InChI=1S/C14H20FN3O3.C8H10OS.2C2H6/c1-10-9-21-17-14(10)16-13(20)8-18(7-11(2)19)5-3-12(15)4-6-18;1-5-4-10-8(6(5)2)7(3)9;2*1-2/h9,12H,3-8H2,1-2H3;4H,1-3H3;2*1-2H3/p+1. The van der Waals surface area contributed by atoms with Crippen LogP contribution in [-0.2, 0) is 9.59 Å². The Morgan fingerprint density at radius 2 is 1.63 bits per heavy atom. The lowest BCUT2D eigenvalue weighted by molar-refractivity contribution is -0.918. The van der Waals surface area contributed by atoms with Crippen LogP contribution in [0.25, 0.3) is 0 Å². The fraction of sp³-hybridized carbons (Fsp3) is 0.615. The molecule has 1 saturated heterocycles. The smallest absolute Gasteiger partial charge is 0.280 e. The molecule has 1 N–H and O–H groups in total. The zero-order valence-electron chi connectivity index (χ0n) is 22.8. The van der Waals surface area contributed by atoms with Crippen molar-refractivity contribution in [2.45, 2.75) is 81.3 Å². The van der Waals surface area contributed by atoms with Crippen LogP contribution in [0.5, 0.6) is 0 Å². The summed E-state index contributed by atoms with van der Waals surface area (Å²) in [6.45, 7) is 18.3. The van der Waals surface area contributed by atoms with Gasteiger partial charge < -0.3 is 14.3 Å². The molecule has 1 aliphatic rings. The van der Waals surface area contributed by atoms with Crippen LogP contribution in [0.2, 0.25) is 0 Å². The van der Waals surface area contributed by atoms with Crippen molar-refractivity contribution in [1.82, 2.24) is 5.16 Å². The summed E-state index contributed by atoms with van der Waals surface area (Å²) in [5, 5.41) is 8.41. The third-order valence-corrected chi connectivity index (χ3v) is 6.78. The number of amides is 1. The Kier molecular flexibility index (Phi) is 15.2. The van der Waals surface area contributed by atoms with Gasteiger partial charge in [0.1, 0.15) is 19.0 Å². The summed E-state index contributed by atoms with van der Waals surface area (Å²) in [7, 11) is 0. The summed E-state index contributed by atoms with van der Waals surface area (Å²) in [4.78, 5) is 35.5. The number of halogens is 1. The average Bonchev–Trinajstić information content (AvgIpc) is 3.37. The molecule has 9 heteroatoms. The van der Waals surface area contributed by atoms with E-state index >= 15 is 0 Å². The molecule has 3 heterocycles. The van der Waals surface area contributed by atoms with Crippen LogP contribution in [0.15, 0.2) is 16.2 Å². The minimum absolute atomic E-state index is 0.0118. The molecule has 0 aliphatic carbocycles. The fourth-order valence-electron chi connectivity index (χ4n) is 3.66. The molecular weight excluding hydrogens is 469 g/mol. The van der Waals surface area contributed by atoms with Crippen molar-refractivity contribution < 1.29 is 27.8 Å². The molecule has 7 nitrogen and oxygen atoms in total. The molecule has 0 aromatic carbocycles. The van der Waals surface area contributed by atoms with E-state index in [1.54, 1.807) is 13.8 Å². The molecule has 0 saturated carbocycles. The van der Waals surface area contributed by atoms with Crippen molar-refractivity contribution in [2.75, 3.05) is 31.5 Å². The number of alkyl halides is 1. The number of hydrogen-bond acceptors (Lipinski definition) is 6. The van der Waals surface area contributed by atoms with Crippen molar-refractivity contribution in [3.05, 3.63) is 33.2 Å². The van der Waals surface area contributed by atoms with Gasteiger partial charge in [-0.1, -0.05) is 32.9 Å². The van der Waals surface area contributed by atoms with Gasteiger partial charge in [-0.3, -0.25) is 14.4 Å². The van der Waals surface area contributed by atoms with Crippen LogP contribution in [0.4, 0.5) is 10.2 Å². The summed E-state index contributed by atoms with van der Waals surface area (Å²) in [6, 6.07) is 0. The van der Waals surface area contributed by atoms with E-state index < -0.39 is 6.17 Å². The highest BCUT2D eigenvalue weighted by atomic mass is 32.1. The van der Waals surface area contributed by atoms with Crippen LogP contribution in [0.3, 0.4) is 0 Å². The maximum absolute atomic E-state index is 13.3. The lowest BCUT2D eigenvalue weighted by atomic mass is 10.0. The molecule has 0 atom stereocenters. The summed E-state index contributed by atoms with van der Waals surface area (Å²) in [5.74, 6) is 0.347. The predicted octanol–water partition coefficient (Wildman–Crippen LogP) is 6.08. The maximum atomic E-state index is 13.3. The number of carbonyl (C=O) groups is 3. The first-order valence-electron chi connectivity index (χ1n) is 12.3. The second kappa shape index (κ2) is 16.3. The highest BCUT2D eigenvalue weighted by Crippen LogP contribution is 2.22. The van der Waals surface area contributed by atoms with Gasteiger partial charge in [0.25, 0.3) is 5.91 Å². The number of hydrogen-bond donors (Lipinski definition) is 1. The molecule has 35 heavy (non-hydrogen) atoms. The van der Waals surface area contributed by atoms with Gasteiger partial charge in [-0.15, -0.1) is 11.3 Å². The Morgan fingerprint density at radius 1 is 1.06 bits per heavy atom. The van der Waals surface area contributed by atoms with Gasteiger partial charge in [-0.2, -0.15) is 0 Å². The van der Waals surface area contributed by atoms with Crippen LogP contribution in [0, 0.1) is 20.8 Å². The number of aromatic nitrogens is 1. The van der Waals surface area contributed by atoms with E-state index in [0.29, 0.717) is 36.2 Å². The number of aryl methyl sites for hydroxylation is 2. The van der Waals surface area contributed by atoms with Crippen molar-refractivity contribution >= 4 is 34.6 Å². The molecule has 198 valence electrons. The number of likely N-dealkylation sites (tertiary alicyclic amines) is 1. The Bertz CT molecular complexity index is 931. The lowest BCUT2D eigenvalue weighted by Crippen LogP contribution is -2.58. The summed E-state index contributed by atoms with van der Waals surface area (Å²) >= 11 is 1.53. The molecule has 3 rings (SSSR count). The minimum atomic E-state index is -0.830. The number of nitrogens with zero attached hydrogens (tertiary/aromatic N) is 2. The minimum Gasteiger partial charge on any atom is -0.362 e. The van der Waals surface area contributed by atoms with Gasteiger partial charge in [0.05, 0.1) is 18.0 Å². The van der Waals surface area contributed by atoms with E-state index in [-0.39, 0.29) is 30.6 Å². The number of piperidine rings is 1. The molecule has 1 amide bonds. The van der Waals surface area contributed by atoms with Gasteiger partial charge in [0.2, 0.25) is 0 Å². The molecule has 2 aromatic rings. The quantitative estimate of drug-likeness (QED) is 0.374. The molecule has 1 aliphatic heterocycles. The van der Waals surface area contributed by atoms with Crippen LogP contribution in [-0.4, -0.2) is 59.5 Å². The molecular formula is C26H43FN3O4S+. The van der Waals surface area contributed by atoms with Crippen LogP contribution in [0.1, 0.15) is 80.7 Å². The van der Waals surface area contributed by atoms with Gasteiger partial charge in [-0.25, -0.2) is 4.39 Å². The highest BCUT2D eigenvalue weighted by molar-refractivity contribution is 7.12. The van der Waals surface area contributed by atoms with Crippen molar-refractivity contribution in [2.24, 2.45) is 0 Å². The molecule has 1 fully saturated rings. The first kappa shape index (κ1) is 32.6. The number of Topliss-reactive ketones (excluding diaryl/α,β-unsaturated/α-hetero) is 2. The van der Waals surface area contributed by atoms with E-state index in [9.17, 15) is 18.8 Å². The van der Waals surface area contributed by atoms with Gasteiger partial charge in [0, 0.05) is 25.3 Å². The summed E-state index contributed by atoms with van der Waals surface area (Å²) in [6.07, 6.45) is 1.40. The van der Waals surface area contributed by atoms with E-state index in [1.165, 1.54) is 30.1 Å². The van der Waals surface area contributed by atoms with Gasteiger partial charge >= 0.3 is 0 Å². The monoisotopic (exact) mass is 512 g/mol. The predicted molar refractivity (Wildman–Crippen MR) is 141 cm³/mol. The van der Waals surface area contributed by atoms with Gasteiger partial charge in [0.15, 0.2) is 23.9 Å². The number of quaternary nitrogens is 1. The highest BCUT2D eigenvalue weighted by Gasteiger charge is 2.37. The zero-order chi connectivity index (χ0) is 27.2. The molecule has 0 radical (unpaired) electrons. The average molecular weight is 513 g/mol.